The molecule has 3 unspecified atom stereocenters. The molecule has 0 aliphatic heterocycles. The normalized spacial score (nSPS) is 30.9. The summed E-state index contributed by atoms with van der Waals surface area (Å²) in [5, 5.41) is 19.7. The van der Waals surface area contributed by atoms with E-state index in [-0.39, 0.29) is 0 Å². The summed E-state index contributed by atoms with van der Waals surface area (Å²) < 4.78 is 0. The molecule has 1 aromatic heterocycles. The molecule has 1 aliphatic rings. The summed E-state index contributed by atoms with van der Waals surface area (Å²) in [7, 11) is 0. The van der Waals surface area contributed by atoms with Crippen LogP contribution in [0, 0.1) is 22.7 Å². The van der Waals surface area contributed by atoms with Gasteiger partial charge in [-0.3, -0.25) is 4.98 Å². The van der Waals surface area contributed by atoms with Crippen molar-refractivity contribution in [3.8, 4) is 6.07 Å². The first kappa shape index (κ1) is 11.1. The highest BCUT2D eigenvalue weighted by Crippen LogP contribution is 2.49. The monoisotopic (exact) mass is 216 g/mol. The highest BCUT2D eigenvalue weighted by molar-refractivity contribution is 5.21. The average molecular weight is 216 g/mol. The molecule has 1 aromatic rings. The Hall–Kier alpha value is -1.40. The highest BCUT2D eigenvalue weighted by atomic mass is 16.3. The molecular weight excluding hydrogens is 200 g/mol. The van der Waals surface area contributed by atoms with Crippen LogP contribution in [0.1, 0.15) is 37.9 Å². The van der Waals surface area contributed by atoms with Crippen molar-refractivity contribution in [3.05, 3.63) is 30.1 Å². The summed E-state index contributed by atoms with van der Waals surface area (Å²) >= 11 is 0. The second-order valence-electron chi connectivity index (χ2n) is 4.80. The topological polar surface area (TPSA) is 56.9 Å². The summed E-state index contributed by atoms with van der Waals surface area (Å²) in [4.78, 5) is 3.92. The minimum absolute atomic E-state index is 0.524. The first-order chi connectivity index (χ1) is 7.68. The van der Waals surface area contributed by atoms with Gasteiger partial charge in [0.2, 0.25) is 0 Å². The average Bonchev–Trinajstić information content (AvgIpc) is 2.72. The number of aliphatic hydroxyl groups is 1. The third-order valence-corrected chi connectivity index (χ3v) is 3.56. The van der Waals surface area contributed by atoms with Crippen molar-refractivity contribution in [2.45, 2.75) is 32.3 Å². The van der Waals surface area contributed by atoms with E-state index < -0.39 is 11.5 Å². The Labute approximate surface area is 95.8 Å². The van der Waals surface area contributed by atoms with Crippen LogP contribution in [0.5, 0.6) is 0 Å². The first-order valence-electron chi connectivity index (χ1n) is 5.67. The first-order valence-corrected chi connectivity index (χ1v) is 5.67. The Bertz CT molecular complexity index is 398. The number of aromatic nitrogens is 1. The van der Waals surface area contributed by atoms with Crippen molar-refractivity contribution < 1.29 is 5.11 Å². The second-order valence-corrected chi connectivity index (χ2v) is 4.80. The summed E-state index contributed by atoms with van der Waals surface area (Å²) in [6.45, 7) is 2.14. The van der Waals surface area contributed by atoms with Crippen molar-refractivity contribution in [1.29, 1.82) is 5.26 Å². The van der Waals surface area contributed by atoms with Crippen molar-refractivity contribution in [2.24, 2.45) is 11.3 Å². The predicted octanol–water partition coefficient (Wildman–Crippen LogP) is 2.44. The number of aliphatic hydroxyl groups excluding tert-OH is 1. The molecule has 0 radical (unpaired) electrons. The van der Waals surface area contributed by atoms with E-state index in [1.807, 2.05) is 0 Å². The number of rotatable bonds is 2. The van der Waals surface area contributed by atoms with Crippen molar-refractivity contribution >= 4 is 0 Å². The van der Waals surface area contributed by atoms with Crippen molar-refractivity contribution in [2.75, 3.05) is 0 Å². The standard InChI is InChI=1S/C13H16N2O/c1-10-2-5-13(8-10,9-14)12(16)11-3-6-15-7-4-11/h3-4,6-7,10,12,16H,2,5,8H2,1H3. The minimum Gasteiger partial charge on any atom is -0.387 e. The van der Waals surface area contributed by atoms with E-state index in [4.69, 9.17) is 0 Å². The molecule has 0 amide bonds. The Morgan fingerprint density at radius 3 is 2.75 bits per heavy atom. The lowest BCUT2D eigenvalue weighted by atomic mass is 9.78. The van der Waals surface area contributed by atoms with Crippen LogP contribution in [0.3, 0.4) is 0 Å². The summed E-state index contributed by atoms with van der Waals surface area (Å²) in [6, 6.07) is 5.90. The van der Waals surface area contributed by atoms with Crippen LogP contribution < -0.4 is 0 Å². The lowest BCUT2D eigenvalue weighted by Crippen LogP contribution is -2.24. The number of hydrogen-bond donors (Lipinski definition) is 1. The lowest BCUT2D eigenvalue weighted by molar-refractivity contribution is 0.0646. The maximum Gasteiger partial charge on any atom is 0.0977 e. The number of hydrogen-bond acceptors (Lipinski definition) is 3. The van der Waals surface area contributed by atoms with Crippen LogP contribution in [-0.4, -0.2) is 10.1 Å². The second kappa shape index (κ2) is 4.23. The van der Waals surface area contributed by atoms with Gasteiger partial charge < -0.3 is 5.11 Å². The molecule has 1 saturated carbocycles. The van der Waals surface area contributed by atoms with E-state index in [1.54, 1.807) is 24.5 Å². The molecule has 1 fully saturated rings. The molecule has 1 N–H and O–H groups in total. The van der Waals surface area contributed by atoms with E-state index in [0.717, 1.165) is 24.8 Å². The zero-order valence-electron chi connectivity index (χ0n) is 9.43. The van der Waals surface area contributed by atoms with Crippen LogP contribution in [-0.2, 0) is 0 Å². The van der Waals surface area contributed by atoms with E-state index in [0.29, 0.717) is 5.92 Å². The Balaban J connectivity index is 2.27. The molecule has 0 bridgehead atoms. The van der Waals surface area contributed by atoms with Crippen LogP contribution in [0.4, 0.5) is 0 Å². The van der Waals surface area contributed by atoms with Gasteiger partial charge in [0.1, 0.15) is 0 Å². The van der Waals surface area contributed by atoms with Gasteiger partial charge in [0.15, 0.2) is 0 Å². The molecule has 2 rings (SSSR count). The van der Waals surface area contributed by atoms with Gasteiger partial charge in [-0.1, -0.05) is 6.92 Å². The van der Waals surface area contributed by atoms with Gasteiger partial charge in [-0.25, -0.2) is 0 Å². The molecule has 0 aromatic carbocycles. The Kier molecular flexibility index (Phi) is 2.93. The fourth-order valence-corrected chi connectivity index (χ4v) is 2.61. The third-order valence-electron chi connectivity index (χ3n) is 3.56. The van der Waals surface area contributed by atoms with Crippen molar-refractivity contribution in [1.82, 2.24) is 4.98 Å². The summed E-state index contributed by atoms with van der Waals surface area (Å²) in [5.41, 5.74) is 0.200. The SMILES string of the molecule is CC1CCC(C#N)(C(O)c2ccncc2)C1. The van der Waals surface area contributed by atoms with Gasteiger partial charge in [-0.05, 0) is 42.9 Å². The predicted molar refractivity (Wildman–Crippen MR) is 60.3 cm³/mol. The molecule has 1 heterocycles. The number of pyridine rings is 1. The molecule has 16 heavy (non-hydrogen) atoms. The van der Waals surface area contributed by atoms with Gasteiger partial charge in [-0.15, -0.1) is 0 Å². The summed E-state index contributed by atoms with van der Waals surface area (Å²) in [6.07, 6.45) is 5.21. The molecule has 1 aliphatic carbocycles. The van der Waals surface area contributed by atoms with Gasteiger partial charge in [0, 0.05) is 12.4 Å². The van der Waals surface area contributed by atoms with Crippen LogP contribution in [0.2, 0.25) is 0 Å². The molecule has 84 valence electrons. The molecule has 0 spiro atoms. The Morgan fingerprint density at radius 2 is 2.25 bits per heavy atom. The maximum absolute atomic E-state index is 10.3. The maximum atomic E-state index is 10.3. The summed E-state index contributed by atoms with van der Waals surface area (Å²) in [5.74, 6) is 0.524. The van der Waals surface area contributed by atoms with Gasteiger partial charge in [0.05, 0.1) is 17.6 Å². The van der Waals surface area contributed by atoms with Gasteiger partial charge in [-0.2, -0.15) is 5.26 Å². The zero-order chi connectivity index (χ0) is 11.6. The number of nitriles is 1. The smallest absolute Gasteiger partial charge is 0.0977 e. The minimum atomic E-state index is -0.689. The largest absolute Gasteiger partial charge is 0.387 e. The number of nitrogens with zero attached hydrogens (tertiary/aromatic N) is 2. The van der Waals surface area contributed by atoms with E-state index in [1.165, 1.54) is 0 Å². The highest BCUT2D eigenvalue weighted by Gasteiger charge is 2.44. The fraction of sp³-hybridized carbons (Fsp3) is 0.538. The quantitative estimate of drug-likeness (QED) is 0.826. The Morgan fingerprint density at radius 1 is 1.56 bits per heavy atom. The van der Waals surface area contributed by atoms with E-state index >= 15 is 0 Å². The van der Waals surface area contributed by atoms with E-state index in [2.05, 4.69) is 18.0 Å². The van der Waals surface area contributed by atoms with Crippen LogP contribution in [0.15, 0.2) is 24.5 Å². The molecule has 0 saturated heterocycles. The van der Waals surface area contributed by atoms with Gasteiger partial charge in [0.25, 0.3) is 0 Å². The fourth-order valence-electron chi connectivity index (χ4n) is 2.61. The van der Waals surface area contributed by atoms with E-state index in [9.17, 15) is 10.4 Å². The zero-order valence-corrected chi connectivity index (χ0v) is 9.43. The molecule has 3 heteroatoms. The van der Waals surface area contributed by atoms with Crippen molar-refractivity contribution in [3.63, 3.8) is 0 Å². The molecule has 3 nitrogen and oxygen atoms in total. The third kappa shape index (κ3) is 1.81. The van der Waals surface area contributed by atoms with Crippen LogP contribution >= 0.6 is 0 Å². The molecular formula is C13H16N2O. The molecule has 3 atom stereocenters. The van der Waals surface area contributed by atoms with Gasteiger partial charge >= 0.3 is 0 Å². The van der Waals surface area contributed by atoms with Crippen LogP contribution in [0.25, 0.3) is 0 Å². The lowest BCUT2D eigenvalue weighted by Gasteiger charge is -2.27.